The number of hydrogen-bond acceptors (Lipinski definition) is 3. The lowest BCUT2D eigenvalue weighted by Gasteiger charge is -2.11. The van der Waals surface area contributed by atoms with Crippen molar-refractivity contribution in [3.8, 4) is 11.4 Å². The second kappa shape index (κ2) is 10.2. The van der Waals surface area contributed by atoms with Crippen LogP contribution >= 0.6 is 0 Å². The van der Waals surface area contributed by atoms with Gasteiger partial charge in [-0.3, -0.25) is 0 Å². The number of aromatic nitrogens is 2. The average molecular weight is 377 g/mol. The number of guanidine groups is 1. The van der Waals surface area contributed by atoms with Gasteiger partial charge in [0.1, 0.15) is 5.75 Å². The molecule has 1 heterocycles. The standard InChI is InChI=1S/C22H27N5O/c1-3-23-22(25-16-19-9-7-8-12-21(19)28-2)24-14-13-18-15-26-27(17-18)20-10-5-4-6-11-20/h4-12,15,17H,3,13-14,16H2,1-2H3,(H2,23,24,25). The Balaban J connectivity index is 1.56. The van der Waals surface area contributed by atoms with Crippen molar-refractivity contribution in [2.45, 2.75) is 19.9 Å². The monoisotopic (exact) mass is 377 g/mol. The number of nitrogens with one attached hydrogen (secondary N) is 2. The van der Waals surface area contributed by atoms with Gasteiger partial charge in [0.2, 0.25) is 0 Å². The Morgan fingerprint density at radius 1 is 1.07 bits per heavy atom. The first-order valence-electron chi connectivity index (χ1n) is 9.53. The molecule has 0 aliphatic heterocycles. The van der Waals surface area contributed by atoms with Crippen molar-refractivity contribution >= 4 is 5.96 Å². The molecule has 2 N–H and O–H groups in total. The molecule has 0 saturated heterocycles. The third-order valence-corrected chi connectivity index (χ3v) is 4.31. The number of rotatable bonds is 8. The third kappa shape index (κ3) is 5.36. The van der Waals surface area contributed by atoms with Gasteiger partial charge in [-0.1, -0.05) is 36.4 Å². The quantitative estimate of drug-likeness (QED) is 0.467. The van der Waals surface area contributed by atoms with Crippen LogP contribution in [0.3, 0.4) is 0 Å². The van der Waals surface area contributed by atoms with Crippen LogP contribution in [0.15, 0.2) is 72.0 Å². The van der Waals surface area contributed by atoms with Crippen LogP contribution in [0.5, 0.6) is 5.75 Å². The Bertz CT molecular complexity index is 889. The molecule has 146 valence electrons. The van der Waals surface area contributed by atoms with E-state index in [9.17, 15) is 0 Å². The van der Waals surface area contributed by atoms with Crippen LogP contribution in [0, 0.1) is 0 Å². The molecule has 0 bridgehead atoms. The van der Waals surface area contributed by atoms with Crippen LogP contribution in [-0.4, -0.2) is 35.9 Å². The van der Waals surface area contributed by atoms with E-state index in [-0.39, 0.29) is 0 Å². The maximum absolute atomic E-state index is 5.40. The van der Waals surface area contributed by atoms with Gasteiger partial charge in [-0.15, -0.1) is 0 Å². The Hall–Kier alpha value is -3.28. The van der Waals surface area contributed by atoms with Gasteiger partial charge in [0, 0.05) is 24.8 Å². The Morgan fingerprint density at radius 3 is 2.64 bits per heavy atom. The van der Waals surface area contributed by atoms with Crippen LogP contribution in [0.4, 0.5) is 0 Å². The number of nitrogens with zero attached hydrogens (tertiary/aromatic N) is 3. The topological polar surface area (TPSA) is 63.5 Å². The number of hydrogen-bond donors (Lipinski definition) is 2. The molecule has 0 amide bonds. The lowest BCUT2D eigenvalue weighted by molar-refractivity contribution is 0.410. The fraction of sp³-hybridized carbons (Fsp3) is 0.273. The van der Waals surface area contributed by atoms with E-state index in [1.807, 2.05) is 65.5 Å². The first-order valence-corrected chi connectivity index (χ1v) is 9.53. The summed E-state index contributed by atoms with van der Waals surface area (Å²) in [5.41, 5.74) is 3.30. The highest BCUT2D eigenvalue weighted by Crippen LogP contribution is 2.17. The van der Waals surface area contributed by atoms with E-state index in [1.165, 1.54) is 5.56 Å². The first kappa shape index (κ1) is 19.5. The minimum Gasteiger partial charge on any atom is -0.496 e. The Kier molecular flexibility index (Phi) is 7.07. The summed E-state index contributed by atoms with van der Waals surface area (Å²) in [6, 6.07) is 18.1. The summed E-state index contributed by atoms with van der Waals surface area (Å²) in [4.78, 5) is 4.67. The van der Waals surface area contributed by atoms with Crippen LogP contribution in [0.25, 0.3) is 5.69 Å². The van der Waals surface area contributed by atoms with E-state index >= 15 is 0 Å². The van der Waals surface area contributed by atoms with E-state index in [0.717, 1.165) is 42.5 Å². The molecular weight excluding hydrogens is 350 g/mol. The molecule has 0 aliphatic carbocycles. The molecule has 28 heavy (non-hydrogen) atoms. The van der Waals surface area contributed by atoms with Gasteiger partial charge in [0.15, 0.2) is 5.96 Å². The van der Waals surface area contributed by atoms with Crippen molar-refractivity contribution in [2.24, 2.45) is 4.99 Å². The highest BCUT2D eigenvalue weighted by molar-refractivity contribution is 5.79. The van der Waals surface area contributed by atoms with Gasteiger partial charge in [0.05, 0.1) is 25.5 Å². The molecule has 0 saturated carbocycles. The summed E-state index contributed by atoms with van der Waals surface area (Å²) in [5.74, 6) is 1.65. The van der Waals surface area contributed by atoms with E-state index in [1.54, 1.807) is 7.11 Å². The van der Waals surface area contributed by atoms with Crippen LogP contribution < -0.4 is 15.4 Å². The van der Waals surface area contributed by atoms with E-state index in [2.05, 4.69) is 33.8 Å². The molecule has 0 aliphatic rings. The van der Waals surface area contributed by atoms with Crippen LogP contribution in [-0.2, 0) is 13.0 Å². The fourth-order valence-corrected chi connectivity index (χ4v) is 2.88. The highest BCUT2D eigenvalue weighted by atomic mass is 16.5. The zero-order valence-corrected chi connectivity index (χ0v) is 16.4. The maximum atomic E-state index is 5.40. The van der Waals surface area contributed by atoms with Gasteiger partial charge >= 0.3 is 0 Å². The normalized spacial score (nSPS) is 11.3. The van der Waals surface area contributed by atoms with Gasteiger partial charge in [-0.25, -0.2) is 9.67 Å². The third-order valence-electron chi connectivity index (χ3n) is 4.31. The molecule has 0 atom stereocenters. The summed E-state index contributed by atoms with van der Waals surface area (Å²) in [5, 5.41) is 11.1. The summed E-state index contributed by atoms with van der Waals surface area (Å²) in [7, 11) is 1.68. The predicted octanol–water partition coefficient (Wildman–Crippen LogP) is 3.18. The van der Waals surface area contributed by atoms with E-state index < -0.39 is 0 Å². The smallest absolute Gasteiger partial charge is 0.191 e. The van der Waals surface area contributed by atoms with Crippen molar-refractivity contribution in [2.75, 3.05) is 20.2 Å². The molecule has 0 fully saturated rings. The molecule has 6 heteroatoms. The van der Waals surface area contributed by atoms with Gasteiger partial charge in [0.25, 0.3) is 0 Å². The van der Waals surface area contributed by atoms with Gasteiger partial charge < -0.3 is 15.4 Å². The van der Waals surface area contributed by atoms with Gasteiger partial charge in [-0.05, 0) is 37.1 Å². The average Bonchev–Trinajstić information content (AvgIpc) is 3.22. The second-order valence-corrected chi connectivity index (χ2v) is 6.31. The summed E-state index contributed by atoms with van der Waals surface area (Å²) in [6.07, 6.45) is 4.84. The zero-order chi connectivity index (χ0) is 19.6. The van der Waals surface area contributed by atoms with Crippen LogP contribution in [0.2, 0.25) is 0 Å². The van der Waals surface area contributed by atoms with Crippen molar-refractivity contribution in [3.05, 3.63) is 78.1 Å². The molecular formula is C22H27N5O. The van der Waals surface area contributed by atoms with Gasteiger partial charge in [-0.2, -0.15) is 5.10 Å². The Labute approximate surface area is 166 Å². The summed E-state index contributed by atoms with van der Waals surface area (Å²) < 4.78 is 7.30. The number of para-hydroxylation sites is 2. The molecule has 6 nitrogen and oxygen atoms in total. The lowest BCUT2D eigenvalue weighted by Crippen LogP contribution is -2.38. The first-order chi connectivity index (χ1) is 13.8. The number of benzene rings is 2. The minimum atomic E-state index is 0.561. The minimum absolute atomic E-state index is 0.561. The largest absolute Gasteiger partial charge is 0.496 e. The highest BCUT2D eigenvalue weighted by Gasteiger charge is 2.04. The van der Waals surface area contributed by atoms with Crippen molar-refractivity contribution in [1.82, 2.24) is 20.4 Å². The van der Waals surface area contributed by atoms with Crippen molar-refractivity contribution in [1.29, 1.82) is 0 Å². The molecule has 1 aromatic heterocycles. The number of ether oxygens (including phenoxy) is 1. The lowest BCUT2D eigenvalue weighted by atomic mass is 10.2. The maximum Gasteiger partial charge on any atom is 0.191 e. The SMILES string of the molecule is CCNC(=NCc1ccccc1OC)NCCc1cnn(-c2ccccc2)c1. The van der Waals surface area contributed by atoms with E-state index in [4.69, 9.17) is 4.74 Å². The molecule has 0 unspecified atom stereocenters. The van der Waals surface area contributed by atoms with E-state index in [0.29, 0.717) is 6.54 Å². The number of methoxy groups -OCH3 is 1. The van der Waals surface area contributed by atoms with Crippen LogP contribution in [0.1, 0.15) is 18.1 Å². The Morgan fingerprint density at radius 2 is 1.86 bits per heavy atom. The van der Waals surface area contributed by atoms with Crippen molar-refractivity contribution < 1.29 is 4.74 Å². The second-order valence-electron chi connectivity index (χ2n) is 6.31. The number of aliphatic imine (C=N–C) groups is 1. The summed E-state index contributed by atoms with van der Waals surface area (Å²) >= 11 is 0. The molecule has 0 radical (unpaired) electrons. The fourth-order valence-electron chi connectivity index (χ4n) is 2.88. The zero-order valence-electron chi connectivity index (χ0n) is 16.4. The van der Waals surface area contributed by atoms with Crippen molar-refractivity contribution in [3.63, 3.8) is 0 Å². The molecule has 0 spiro atoms. The molecule has 3 rings (SSSR count). The molecule has 3 aromatic rings. The molecule has 2 aromatic carbocycles. The predicted molar refractivity (Wildman–Crippen MR) is 113 cm³/mol. The summed E-state index contributed by atoms with van der Waals surface area (Å²) in [6.45, 7) is 4.21.